The Labute approximate surface area is 124 Å². The van der Waals surface area contributed by atoms with Gasteiger partial charge in [-0.2, -0.15) is 0 Å². The zero-order chi connectivity index (χ0) is 13.8. The molecule has 2 aromatic carbocycles. The van der Waals surface area contributed by atoms with Crippen LogP contribution in [-0.4, -0.2) is 0 Å². The molecular formula is C17H20BrN. The van der Waals surface area contributed by atoms with Crippen LogP contribution in [0.25, 0.3) is 0 Å². The smallest absolute Gasteiger partial charge is 0.0347 e. The van der Waals surface area contributed by atoms with Crippen LogP contribution >= 0.6 is 15.9 Å². The maximum atomic E-state index is 6.30. The summed E-state index contributed by atoms with van der Waals surface area (Å²) in [7, 11) is 0. The van der Waals surface area contributed by atoms with E-state index in [4.69, 9.17) is 5.73 Å². The number of benzene rings is 2. The quantitative estimate of drug-likeness (QED) is 0.860. The lowest BCUT2D eigenvalue weighted by atomic mass is 9.96. The summed E-state index contributed by atoms with van der Waals surface area (Å²) in [5, 5.41) is 0. The summed E-state index contributed by atoms with van der Waals surface area (Å²) in [6.07, 6.45) is 0.862. The third kappa shape index (κ3) is 3.68. The van der Waals surface area contributed by atoms with E-state index in [1.807, 2.05) is 18.2 Å². The predicted octanol–water partition coefficient (Wildman–Crippen LogP) is 4.82. The molecule has 2 aromatic rings. The molecule has 2 N–H and O–H groups in total. The molecule has 1 atom stereocenters. The Hall–Kier alpha value is -1.12. The van der Waals surface area contributed by atoms with E-state index < -0.39 is 0 Å². The number of hydrogen-bond donors (Lipinski definition) is 1. The van der Waals surface area contributed by atoms with Crippen LogP contribution < -0.4 is 5.73 Å². The number of rotatable bonds is 4. The van der Waals surface area contributed by atoms with Gasteiger partial charge in [0.25, 0.3) is 0 Å². The molecular weight excluding hydrogens is 298 g/mol. The van der Waals surface area contributed by atoms with Crippen LogP contribution in [-0.2, 0) is 6.42 Å². The molecule has 0 spiro atoms. The SMILES string of the molecule is CC(C)c1ccc(CC(N)c2ccccc2Br)cc1. The average Bonchev–Trinajstić information content (AvgIpc) is 2.39. The summed E-state index contributed by atoms with van der Waals surface area (Å²) >= 11 is 3.56. The van der Waals surface area contributed by atoms with Gasteiger partial charge in [-0.1, -0.05) is 72.2 Å². The van der Waals surface area contributed by atoms with Crippen molar-refractivity contribution in [2.45, 2.75) is 32.2 Å². The van der Waals surface area contributed by atoms with Gasteiger partial charge in [-0.25, -0.2) is 0 Å². The first-order valence-electron chi connectivity index (χ1n) is 6.66. The van der Waals surface area contributed by atoms with E-state index in [1.54, 1.807) is 0 Å². The van der Waals surface area contributed by atoms with Gasteiger partial charge in [-0.15, -0.1) is 0 Å². The van der Waals surface area contributed by atoms with Gasteiger partial charge >= 0.3 is 0 Å². The van der Waals surface area contributed by atoms with Crippen molar-refractivity contribution in [2.75, 3.05) is 0 Å². The van der Waals surface area contributed by atoms with Gasteiger partial charge < -0.3 is 5.73 Å². The number of hydrogen-bond acceptors (Lipinski definition) is 1. The first kappa shape index (κ1) is 14.3. The fourth-order valence-electron chi connectivity index (χ4n) is 2.18. The highest BCUT2D eigenvalue weighted by molar-refractivity contribution is 9.10. The molecule has 100 valence electrons. The van der Waals surface area contributed by atoms with E-state index in [0.29, 0.717) is 5.92 Å². The summed E-state index contributed by atoms with van der Waals surface area (Å²) in [6, 6.07) is 17.0. The molecule has 0 radical (unpaired) electrons. The molecule has 0 amide bonds. The molecule has 0 saturated heterocycles. The Bertz CT molecular complexity index is 531. The van der Waals surface area contributed by atoms with Crippen LogP contribution in [0.5, 0.6) is 0 Å². The summed E-state index contributed by atoms with van der Waals surface area (Å²) in [5.41, 5.74) is 10.1. The highest BCUT2D eigenvalue weighted by Gasteiger charge is 2.10. The van der Waals surface area contributed by atoms with Gasteiger partial charge in [0.15, 0.2) is 0 Å². The van der Waals surface area contributed by atoms with Crippen LogP contribution in [0.4, 0.5) is 0 Å². The van der Waals surface area contributed by atoms with Crippen molar-refractivity contribution >= 4 is 15.9 Å². The molecule has 0 fully saturated rings. The molecule has 0 heterocycles. The van der Waals surface area contributed by atoms with Crippen LogP contribution in [0.2, 0.25) is 0 Å². The fourth-order valence-corrected chi connectivity index (χ4v) is 2.76. The molecule has 0 aliphatic heterocycles. The van der Waals surface area contributed by atoms with E-state index in [1.165, 1.54) is 11.1 Å². The first-order chi connectivity index (χ1) is 9.08. The lowest BCUT2D eigenvalue weighted by Gasteiger charge is -2.14. The zero-order valence-electron chi connectivity index (χ0n) is 11.4. The highest BCUT2D eigenvalue weighted by Crippen LogP contribution is 2.24. The van der Waals surface area contributed by atoms with Gasteiger partial charge in [0, 0.05) is 10.5 Å². The second-order valence-electron chi connectivity index (χ2n) is 5.23. The van der Waals surface area contributed by atoms with E-state index in [-0.39, 0.29) is 6.04 Å². The Balaban J connectivity index is 2.11. The Morgan fingerprint density at radius 2 is 1.63 bits per heavy atom. The standard InChI is InChI=1S/C17H20BrN/c1-12(2)14-9-7-13(8-10-14)11-17(19)15-5-3-4-6-16(15)18/h3-10,12,17H,11,19H2,1-2H3. The predicted molar refractivity (Wildman–Crippen MR) is 85.3 cm³/mol. The van der Waals surface area contributed by atoms with Crippen molar-refractivity contribution in [3.8, 4) is 0 Å². The zero-order valence-corrected chi connectivity index (χ0v) is 13.0. The van der Waals surface area contributed by atoms with Crippen molar-refractivity contribution in [3.05, 3.63) is 69.7 Å². The first-order valence-corrected chi connectivity index (χ1v) is 7.46. The Kier molecular flexibility index (Phi) is 4.78. The lowest BCUT2D eigenvalue weighted by Crippen LogP contribution is -2.13. The molecule has 2 rings (SSSR count). The van der Waals surface area contributed by atoms with Gasteiger partial charge in [0.2, 0.25) is 0 Å². The van der Waals surface area contributed by atoms with Crippen LogP contribution in [0, 0.1) is 0 Å². The van der Waals surface area contributed by atoms with Crippen LogP contribution in [0.3, 0.4) is 0 Å². The summed E-state index contributed by atoms with van der Waals surface area (Å²) in [4.78, 5) is 0. The van der Waals surface area contributed by atoms with Crippen molar-refractivity contribution < 1.29 is 0 Å². The monoisotopic (exact) mass is 317 g/mol. The number of halogens is 1. The molecule has 0 saturated carbocycles. The maximum Gasteiger partial charge on any atom is 0.0347 e. The topological polar surface area (TPSA) is 26.0 Å². The fraction of sp³-hybridized carbons (Fsp3) is 0.294. The van der Waals surface area contributed by atoms with Crippen molar-refractivity contribution in [1.82, 2.24) is 0 Å². The van der Waals surface area contributed by atoms with Crippen molar-refractivity contribution in [2.24, 2.45) is 5.73 Å². The van der Waals surface area contributed by atoms with E-state index in [2.05, 4.69) is 60.1 Å². The van der Waals surface area contributed by atoms with Gasteiger partial charge in [-0.3, -0.25) is 0 Å². The summed E-state index contributed by atoms with van der Waals surface area (Å²) in [6.45, 7) is 4.42. The summed E-state index contributed by atoms with van der Waals surface area (Å²) < 4.78 is 1.08. The molecule has 0 aliphatic carbocycles. The Morgan fingerprint density at radius 3 is 2.21 bits per heavy atom. The molecule has 1 unspecified atom stereocenters. The van der Waals surface area contributed by atoms with E-state index in [0.717, 1.165) is 16.5 Å². The maximum absolute atomic E-state index is 6.30. The molecule has 2 heteroatoms. The second kappa shape index (κ2) is 6.36. The highest BCUT2D eigenvalue weighted by atomic mass is 79.9. The minimum atomic E-state index is 0.0282. The van der Waals surface area contributed by atoms with E-state index in [9.17, 15) is 0 Å². The Morgan fingerprint density at radius 1 is 1.00 bits per heavy atom. The third-order valence-corrected chi connectivity index (χ3v) is 4.13. The third-order valence-electron chi connectivity index (χ3n) is 3.41. The van der Waals surface area contributed by atoms with Gasteiger partial charge in [0.1, 0.15) is 0 Å². The average molecular weight is 318 g/mol. The minimum absolute atomic E-state index is 0.0282. The number of nitrogens with two attached hydrogens (primary N) is 1. The van der Waals surface area contributed by atoms with E-state index >= 15 is 0 Å². The minimum Gasteiger partial charge on any atom is -0.324 e. The van der Waals surface area contributed by atoms with Gasteiger partial charge in [0.05, 0.1) is 0 Å². The normalized spacial score (nSPS) is 12.7. The lowest BCUT2D eigenvalue weighted by molar-refractivity contribution is 0.717. The molecule has 19 heavy (non-hydrogen) atoms. The van der Waals surface area contributed by atoms with Crippen molar-refractivity contribution in [3.63, 3.8) is 0 Å². The summed E-state index contributed by atoms with van der Waals surface area (Å²) in [5.74, 6) is 0.575. The second-order valence-corrected chi connectivity index (χ2v) is 6.08. The largest absolute Gasteiger partial charge is 0.324 e. The molecule has 0 bridgehead atoms. The molecule has 0 aromatic heterocycles. The molecule has 0 aliphatic rings. The molecule has 1 nitrogen and oxygen atoms in total. The van der Waals surface area contributed by atoms with Crippen LogP contribution in [0.15, 0.2) is 53.0 Å². The van der Waals surface area contributed by atoms with Gasteiger partial charge in [-0.05, 0) is 35.1 Å². The van der Waals surface area contributed by atoms with Crippen LogP contribution in [0.1, 0.15) is 42.5 Å². The van der Waals surface area contributed by atoms with Crippen molar-refractivity contribution in [1.29, 1.82) is 0 Å².